The van der Waals surface area contributed by atoms with Crippen molar-refractivity contribution in [1.82, 2.24) is 14.9 Å². The van der Waals surface area contributed by atoms with Crippen LogP contribution >= 0.6 is 0 Å². The van der Waals surface area contributed by atoms with E-state index in [1.165, 1.54) is 11.9 Å². The van der Waals surface area contributed by atoms with Gasteiger partial charge in [-0.1, -0.05) is 0 Å². The minimum atomic E-state index is -1.73. The summed E-state index contributed by atoms with van der Waals surface area (Å²) >= 11 is 0. The molecule has 1 aromatic rings. The summed E-state index contributed by atoms with van der Waals surface area (Å²) in [5, 5.41) is 18.4. The van der Waals surface area contributed by atoms with Crippen molar-refractivity contribution in [2.75, 3.05) is 13.6 Å². The molecular formula is C11H15N3O4. The van der Waals surface area contributed by atoms with Gasteiger partial charge in [0, 0.05) is 38.6 Å². The topological polar surface area (TPSA) is 104 Å². The van der Waals surface area contributed by atoms with Crippen LogP contribution < -0.4 is 0 Å². The van der Waals surface area contributed by atoms with Gasteiger partial charge in [-0.2, -0.15) is 0 Å². The Bertz CT molecular complexity index is 399. The van der Waals surface area contributed by atoms with Gasteiger partial charge in [-0.3, -0.25) is 14.8 Å². The summed E-state index contributed by atoms with van der Waals surface area (Å²) < 4.78 is 0. The summed E-state index contributed by atoms with van der Waals surface area (Å²) in [5.74, 6) is -0.710. The van der Waals surface area contributed by atoms with Crippen molar-refractivity contribution in [3.63, 3.8) is 0 Å². The molecular weight excluding hydrogens is 238 g/mol. The Morgan fingerprint density at radius 2 is 2.22 bits per heavy atom. The smallest absolute Gasteiger partial charge is 0.254 e. The third kappa shape index (κ3) is 3.86. The summed E-state index contributed by atoms with van der Waals surface area (Å²) in [6.07, 6.45) is 1.84. The molecule has 1 rings (SSSR count). The maximum Gasteiger partial charge on any atom is 0.254 e. The van der Waals surface area contributed by atoms with Gasteiger partial charge in [0.05, 0.1) is 5.69 Å². The second-order valence-electron chi connectivity index (χ2n) is 3.78. The minimum Gasteiger partial charge on any atom is -0.382 e. The molecule has 0 aliphatic heterocycles. The van der Waals surface area contributed by atoms with Crippen LogP contribution in [0.2, 0.25) is 0 Å². The van der Waals surface area contributed by atoms with Crippen LogP contribution in [0.15, 0.2) is 18.6 Å². The molecule has 0 aromatic carbocycles. The number of aldehydes is 1. The van der Waals surface area contributed by atoms with Crippen LogP contribution in [0.4, 0.5) is 0 Å². The zero-order chi connectivity index (χ0) is 13.5. The summed E-state index contributed by atoms with van der Waals surface area (Å²) in [4.78, 5) is 31.0. The fraction of sp³-hybridized carbons (Fsp3) is 0.455. The number of hydrogen-bond donors (Lipinski definition) is 2. The molecule has 0 aliphatic carbocycles. The van der Waals surface area contributed by atoms with Crippen LogP contribution in [0.3, 0.4) is 0 Å². The van der Waals surface area contributed by atoms with Gasteiger partial charge < -0.3 is 19.9 Å². The summed E-state index contributed by atoms with van der Waals surface area (Å²) in [5.41, 5.74) is 0.711. The van der Waals surface area contributed by atoms with Crippen molar-refractivity contribution >= 4 is 12.2 Å². The van der Waals surface area contributed by atoms with Crippen LogP contribution in [0, 0.1) is 0 Å². The fourth-order valence-electron chi connectivity index (χ4n) is 1.30. The van der Waals surface area contributed by atoms with E-state index in [0.29, 0.717) is 18.7 Å². The molecule has 0 spiro atoms. The lowest BCUT2D eigenvalue weighted by atomic mass is 10.2. The number of aromatic nitrogens is 2. The summed E-state index contributed by atoms with van der Waals surface area (Å²) in [6, 6.07) is 0. The second kappa shape index (κ2) is 6.77. The first kappa shape index (κ1) is 14.2. The number of likely N-dealkylation sites (N-methyl/N-ethyl adjacent to an activating group) is 1. The lowest BCUT2D eigenvalue weighted by Gasteiger charge is -2.21. The first-order chi connectivity index (χ1) is 8.56. The third-order valence-corrected chi connectivity index (χ3v) is 2.41. The highest BCUT2D eigenvalue weighted by molar-refractivity contribution is 5.84. The quantitative estimate of drug-likeness (QED) is 0.592. The van der Waals surface area contributed by atoms with Gasteiger partial charge in [0.2, 0.25) is 0 Å². The number of aliphatic hydroxyl groups excluding tert-OH is 2. The summed E-state index contributed by atoms with van der Waals surface area (Å²) in [7, 11) is 1.47. The van der Waals surface area contributed by atoms with Gasteiger partial charge >= 0.3 is 0 Å². The van der Waals surface area contributed by atoms with Crippen molar-refractivity contribution in [1.29, 1.82) is 0 Å². The highest BCUT2D eigenvalue weighted by Gasteiger charge is 2.26. The van der Waals surface area contributed by atoms with Gasteiger partial charge in [-0.25, -0.2) is 0 Å². The monoisotopic (exact) mass is 253 g/mol. The molecule has 1 heterocycles. The van der Waals surface area contributed by atoms with Crippen LogP contribution in [0.1, 0.15) is 5.69 Å². The standard InChI is InChI=1S/C11H15N3O4/c1-14(11(18)10(17)9(16)7-15)5-2-8-6-12-3-4-13-8/h3-4,6-7,9-10,16-17H,2,5H2,1H3/t9-,10+/m0/s1. The zero-order valence-electron chi connectivity index (χ0n) is 9.93. The molecule has 98 valence electrons. The van der Waals surface area contributed by atoms with Crippen molar-refractivity contribution in [3.8, 4) is 0 Å². The van der Waals surface area contributed by atoms with Crippen LogP contribution in [-0.2, 0) is 16.0 Å². The fourth-order valence-corrected chi connectivity index (χ4v) is 1.30. The lowest BCUT2D eigenvalue weighted by molar-refractivity contribution is -0.147. The normalized spacial score (nSPS) is 13.7. The third-order valence-electron chi connectivity index (χ3n) is 2.41. The van der Waals surface area contributed by atoms with E-state index in [0.717, 1.165) is 0 Å². The Labute approximate surface area is 104 Å². The molecule has 0 saturated heterocycles. The first-order valence-corrected chi connectivity index (χ1v) is 5.37. The molecule has 2 N–H and O–H groups in total. The van der Waals surface area contributed by atoms with Gasteiger partial charge in [-0.05, 0) is 0 Å². The Kier molecular flexibility index (Phi) is 5.34. The van der Waals surface area contributed by atoms with Crippen molar-refractivity contribution in [3.05, 3.63) is 24.3 Å². The predicted molar refractivity (Wildman–Crippen MR) is 61.5 cm³/mol. The average Bonchev–Trinajstić information content (AvgIpc) is 2.43. The van der Waals surface area contributed by atoms with Gasteiger partial charge in [0.1, 0.15) is 6.10 Å². The zero-order valence-corrected chi connectivity index (χ0v) is 9.93. The van der Waals surface area contributed by atoms with E-state index in [1.807, 2.05) is 0 Å². The predicted octanol–water partition coefficient (Wildman–Crippen LogP) is -1.60. The molecule has 2 atom stereocenters. The highest BCUT2D eigenvalue weighted by Crippen LogP contribution is 2.00. The lowest BCUT2D eigenvalue weighted by Crippen LogP contribution is -2.44. The van der Waals surface area contributed by atoms with E-state index in [-0.39, 0.29) is 6.29 Å². The molecule has 1 aromatic heterocycles. The largest absolute Gasteiger partial charge is 0.382 e. The first-order valence-electron chi connectivity index (χ1n) is 5.37. The maximum atomic E-state index is 11.6. The molecule has 0 unspecified atom stereocenters. The van der Waals surface area contributed by atoms with Crippen molar-refractivity contribution < 1.29 is 19.8 Å². The van der Waals surface area contributed by atoms with Crippen LogP contribution in [-0.4, -0.2) is 63.1 Å². The van der Waals surface area contributed by atoms with E-state index in [2.05, 4.69) is 9.97 Å². The van der Waals surface area contributed by atoms with Gasteiger partial charge in [0.15, 0.2) is 12.4 Å². The van der Waals surface area contributed by atoms with Gasteiger partial charge in [-0.15, -0.1) is 0 Å². The number of aliphatic hydroxyl groups is 2. The molecule has 0 radical (unpaired) electrons. The number of nitrogens with zero attached hydrogens (tertiary/aromatic N) is 3. The summed E-state index contributed by atoms with van der Waals surface area (Å²) in [6.45, 7) is 0.306. The van der Waals surface area contributed by atoms with E-state index >= 15 is 0 Å². The van der Waals surface area contributed by atoms with E-state index in [9.17, 15) is 14.7 Å². The Morgan fingerprint density at radius 1 is 1.50 bits per heavy atom. The number of amides is 1. The van der Waals surface area contributed by atoms with E-state index < -0.39 is 18.1 Å². The van der Waals surface area contributed by atoms with Crippen LogP contribution in [0.5, 0.6) is 0 Å². The van der Waals surface area contributed by atoms with Crippen LogP contribution in [0.25, 0.3) is 0 Å². The SMILES string of the molecule is CN(CCc1cnccn1)C(=O)[C@H](O)[C@@H](O)C=O. The molecule has 1 amide bonds. The van der Waals surface area contributed by atoms with Gasteiger partial charge in [0.25, 0.3) is 5.91 Å². The Hall–Kier alpha value is -1.86. The molecule has 7 heteroatoms. The molecule has 0 saturated carbocycles. The van der Waals surface area contributed by atoms with E-state index in [1.54, 1.807) is 18.6 Å². The van der Waals surface area contributed by atoms with Crippen molar-refractivity contribution in [2.24, 2.45) is 0 Å². The average molecular weight is 253 g/mol. The molecule has 0 aliphatic rings. The number of carbonyl (C=O) groups is 2. The molecule has 18 heavy (non-hydrogen) atoms. The maximum absolute atomic E-state index is 11.6. The van der Waals surface area contributed by atoms with E-state index in [4.69, 9.17) is 5.11 Å². The number of rotatable bonds is 6. The second-order valence-corrected chi connectivity index (χ2v) is 3.78. The number of hydrogen-bond acceptors (Lipinski definition) is 6. The Balaban J connectivity index is 2.48. The molecule has 0 fully saturated rings. The highest BCUT2D eigenvalue weighted by atomic mass is 16.3. The minimum absolute atomic E-state index is 0.124. The molecule has 7 nitrogen and oxygen atoms in total. The number of carbonyl (C=O) groups excluding carboxylic acids is 2. The molecule has 0 bridgehead atoms. The Morgan fingerprint density at radius 3 is 2.78 bits per heavy atom. The van der Waals surface area contributed by atoms with Crippen molar-refractivity contribution in [2.45, 2.75) is 18.6 Å².